The molecule has 3 fully saturated rings. The molecule has 1 N–H and O–H groups in total. The van der Waals surface area contributed by atoms with Gasteiger partial charge in [-0.2, -0.15) is 0 Å². The first kappa shape index (κ1) is 15.8. The van der Waals surface area contributed by atoms with E-state index < -0.39 is 0 Å². The molecule has 3 heteroatoms. The van der Waals surface area contributed by atoms with E-state index in [0.717, 1.165) is 12.5 Å². The molecule has 3 aliphatic rings. The van der Waals surface area contributed by atoms with E-state index in [1.165, 1.54) is 58.0 Å². The zero-order chi connectivity index (χ0) is 14.9. The summed E-state index contributed by atoms with van der Waals surface area (Å²) >= 11 is 0. The highest BCUT2D eigenvalue weighted by Gasteiger charge is 2.56. The highest BCUT2D eigenvalue weighted by molar-refractivity contribution is 5.10. The van der Waals surface area contributed by atoms with Gasteiger partial charge in [-0.1, -0.05) is 26.2 Å². The van der Waals surface area contributed by atoms with Gasteiger partial charge in [0.25, 0.3) is 0 Å². The minimum Gasteiger partial charge on any atom is -0.378 e. The zero-order valence-corrected chi connectivity index (χ0v) is 14.2. The van der Waals surface area contributed by atoms with E-state index in [9.17, 15) is 0 Å². The molecule has 0 aromatic heterocycles. The lowest BCUT2D eigenvalue weighted by Gasteiger charge is -2.59. The highest BCUT2D eigenvalue weighted by Crippen LogP contribution is 2.53. The van der Waals surface area contributed by atoms with Crippen LogP contribution >= 0.6 is 0 Å². The van der Waals surface area contributed by atoms with Gasteiger partial charge in [0.05, 0.1) is 6.10 Å². The average molecular weight is 294 g/mol. The molecule has 1 heterocycles. The summed E-state index contributed by atoms with van der Waals surface area (Å²) in [5, 5.41) is 4.07. The lowest BCUT2D eigenvalue weighted by atomic mass is 9.55. The van der Waals surface area contributed by atoms with Crippen LogP contribution in [0.4, 0.5) is 0 Å². The molecule has 3 nitrogen and oxygen atoms in total. The fourth-order valence-electron chi connectivity index (χ4n) is 5.16. The molecule has 0 bridgehead atoms. The van der Waals surface area contributed by atoms with Crippen LogP contribution in [0, 0.1) is 11.3 Å². The lowest BCUT2D eigenvalue weighted by molar-refractivity contribution is -0.154. The summed E-state index contributed by atoms with van der Waals surface area (Å²) in [7, 11) is 2.25. The number of likely N-dealkylation sites (tertiary alicyclic amines) is 1. The molecule has 1 spiro atoms. The Morgan fingerprint density at radius 2 is 2.00 bits per heavy atom. The molecule has 0 amide bonds. The van der Waals surface area contributed by atoms with Gasteiger partial charge in [-0.05, 0) is 52.1 Å². The Bertz CT molecular complexity index is 340. The van der Waals surface area contributed by atoms with Crippen molar-refractivity contribution in [3.8, 4) is 0 Å². The van der Waals surface area contributed by atoms with Gasteiger partial charge in [-0.3, -0.25) is 0 Å². The lowest BCUT2D eigenvalue weighted by Crippen LogP contribution is -2.67. The summed E-state index contributed by atoms with van der Waals surface area (Å²) in [6.07, 6.45) is 10.1. The number of piperidine rings is 1. The van der Waals surface area contributed by atoms with Crippen molar-refractivity contribution in [3.05, 3.63) is 0 Å². The summed E-state index contributed by atoms with van der Waals surface area (Å²) in [6.45, 7) is 7.93. The topological polar surface area (TPSA) is 24.5 Å². The molecule has 4 atom stereocenters. The molecular formula is C18H34N2O. The monoisotopic (exact) mass is 294 g/mol. The Hall–Kier alpha value is -0.120. The molecule has 1 aliphatic heterocycles. The van der Waals surface area contributed by atoms with E-state index in [-0.39, 0.29) is 0 Å². The van der Waals surface area contributed by atoms with Crippen LogP contribution in [-0.4, -0.2) is 49.8 Å². The molecule has 21 heavy (non-hydrogen) atoms. The van der Waals surface area contributed by atoms with Gasteiger partial charge in [0, 0.05) is 30.7 Å². The first-order chi connectivity index (χ1) is 10.2. The minimum absolute atomic E-state index is 0.470. The van der Waals surface area contributed by atoms with E-state index in [4.69, 9.17) is 4.74 Å². The van der Waals surface area contributed by atoms with Crippen LogP contribution < -0.4 is 5.32 Å². The van der Waals surface area contributed by atoms with Crippen molar-refractivity contribution in [1.82, 2.24) is 10.2 Å². The van der Waals surface area contributed by atoms with Crippen LogP contribution in [-0.2, 0) is 4.74 Å². The number of ether oxygens (including phenoxy) is 1. The van der Waals surface area contributed by atoms with E-state index in [0.29, 0.717) is 23.6 Å². The normalized spacial score (nSPS) is 40.1. The Morgan fingerprint density at radius 3 is 2.67 bits per heavy atom. The van der Waals surface area contributed by atoms with E-state index in [1.54, 1.807) is 0 Å². The number of nitrogens with one attached hydrogen (secondary N) is 1. The van der Waals surface area contributed by atoms with E-state index >= 15 is 0 Å². The maximum absolute atomic E-state index is 6.09. The first-order valence-corrected chi connectivity index (χ1v) is 9.22. The molecule has 2 saturated carbocycles. The maximum atomic E-state index is 6.09. The second-order valence-corrected chi connectivity index (χ2v) is 7.83. The molecule has 0 radical (unpaired) electrons. The largest absolute Gasteiger partial charge is 0.378 e. The van der Waals surface area contributed by atoms with Gasteiger partial charge >= 0.3 is 0 Å². The fourth-order valence-corrected chi connectivity index (χ4v) is 5.16. The van der Waals surface area contributed by atoms with Crippen LogP contribution in [0.15, 0.2) is 0 Å². The molecular weight excluding hydrogens is 260 g/mol. The smallest absolute Gasteiger partial charge is 0.0661 e. The van der Waals surface area contributed by atoms with Gasteiger partial charge in [0.1, 0.15) is 0 Å². The third-order valence-electron chi connectivity index (χ3n) is 6.46. The standard InChI is InChI=1S/C18H34N2O/c1-4-21-17-12-16(18(17)9-6-5-7-10-18)19-15-8-11-20(3)13-14(15)2/h14-17,19H,4-13H2,1-3H3. The first-order valence-electron chi connectivity index (χ1n) is 9.22. The summed E-state index contributed by atoms with van der Waals surface area (Å²) in [4.78, 5) is 2.48. The van der Waals surface area contributed by atoms with Crippen molar-refractivity contribution in [1.29, 1.82) is 0 Å². The van der Waals surface area contributed by atoms with Crippen molar-refractivity contribution >= 4 is 0 Å². The summed E-state index contributed by atoms with van der Waals surface area (Å²) in [5.41, 5.74) is 0.470. The summed E-state index contributed by atoms with van der Waals surface area (Å²) in [5.74, 6) is 0.774. The Kier molecular flexibility index (Phi) is 4.92. The number of hydrogen-bond acceptors (Lipinski definition) is 3. The predicted molar refractivity (Wildman–Crippen MR) is 87.5 cm³/mol. The Balaban J connectivity index is 1.62. The van der Waals surface area contributed by atoms with Gasteiger partial charge in [-0.15, -0.1) is 0 Å². The van der Waals surface area contributed by atoms with Gasteiger partial charge < -0.3 is 15.0 Å². The fraction of sp³-hybridized carbons (Fsp3) is 1.00. The van der Waals surface area contributed by atoms with Crippen molar-refractivity contribution in [2.45, 2.75) is 77.0 Å². The molecule has 2 aliphatic carbocycles. The average Bonchev–Trinajstić information content (AvgIpc) is 2.49. The number of rotatable bonds is 4. The molecule has 1 saturated heterocycles. The molecule has 122 valence electrons. The SMILES string of the molecule is CCOC1CC(NC2CCN(C)CC2C)C12CCCCC2. The van der Waals surface area contributed by atoms with Crippen LogP contribution in [0.25, 0.3) is 0 Å². The van der Waals surface area contributed by atoms with E-state index in [1.807, 2.05) is 0 Å². The number of hydrogen-bond donors (Lipinski definition) is 1. The van der Waals surface area contributed by atoms with Crippen molar-refractivity contribution in [2.75, 3.05) is 26.7 Å². The van der Waals surface area contributed by atoms with Crippen LogP contribution in [0.3, 0.4) is 0 Å². The van der Waals surface area contributed by atoms with Crippen molar-refractivity contribution < 1.29 is 4.74 Å². The van der Waals surface area contributed by atoms with Crippen molar-refractivity contribution in [3.63, 3.8) is 0 Å². The summed E-state index contributed by atoms with van der Waals surface area (Å²) < 4.78 is 6.09. The van der Waals surface area contributed by atoms with Crippen LogP contribution in [0.5, 0.6) is 0 Å². The van der Waals surface area contributed by atoms with Gasteiger partial charge in [0.2, 0.25) is 0 Å². The Labute approximate surface area is 130 Å². The third kappa shape index (κ3) is 3.02. The molecule has 3 rings (SSSR count). The highest BCUT2D eigenvalue weighted by atomic mass is 16.5. The second kappa shape index (κ2) is 6.55. The van der Waals surface area contributed by atoms with Gasteiger partial charge in [0.15, 0.2) is 0 Å². The van der Waals surface area contributed by atoms with Crippen molar-refractivity contribution in [2.24, 2.45) is 11.3 Å². The predicted octanol–water partition coefficient (Wildman–Crippen LogP) is 3.04. The maximum Gasteiger partial charge on any atom is 0.0661 e. The molecule has 0 aromatic carbocycles. The quantitative estimate of drug-likeness (QED) is 0.862. The number of nitrogens with zero attached hydrogens (tertiary/aromatic N) is 1. The zero-order valence-electron chi connectivity index (χ0n) is 14.2. The summed E-state index contributed by atoms with van der Waals surface area (Å²) in [6, 6.07) is 1.43. The van der Waals surface area contributed by atoms with E-state index in [2.05, 4.69) is 31.1 Å². The van der Waals surface area contributed by atoms with Crippen LogP contribution in [0.2, 0.25) is 0 Å². The third-order valence-corrected chi connectivity index (χ3v) is 6.46. The van der Waals surface area contributed by atoms with Crippen LogP contribution in [0.1, 0.15) is 58.8 Å². The minimum atomic E-state index is 0.470. The molecule has 4 unspecified atom stereocenters. The van der Waals surface area contributed by atoms with Gasteiger partial charge in [-0.25, -0.2) is 0 Å². The Morgan fingerprint density at radius 1 is 1.24 bits per heavy atom. The molecule has 0 aromatic rings. The second-order valence-electron chi connectivity index (χ2n) is 7.83.